The minimum absolute atomic E-state index is 0.0241. The molecule has 0 atom stereocenters. The van der Waals surface area contributed by atoms with Gasteiger partial charge in [-0.25, -0.2) is 0 Å². The van der Waals surface area contributed by atoms with Gasteiger partial charge in [0.2, 0.25) is 0 Å². The second-order valence-corrected chi connectivity index (χ2v) is 7.50. The first-order valence-electron chi connectivity index (χ1n) is 7.59. The summed E-state index contributed by atoms with van der Waals surface area (Å²) in [5.41, 5.74) is 2.31. The summed E-state index contributed by atoms with van der Waals surface area (Å²) in [6.45, 7) is 3.84. The van der Waals surface area contributed by atoms with E-state index < -0.39 is 18.2 Å². The molecule has 5 nitrogen and oxygen atoms in total. The fourth-order valence-electron chi connectivity index (χ4n) is 2.05. The summed E-state index contributed by atoms with van der Waals surface area (Å²) in [7, 11) is 0. The Morgan fingerprint density at radius 2 is 2.00 bits per heavy atom. The van der Waals surface area contributed by atoms with E-state index in [1.807, 2.05) is 37.3 Å². The Morgan fingerprint density at radius 1 is 1.32 bits per heavy atom. The molecule has 0 radical (unpaired) electrons. The van der Waals surface area contributed by atoms with Gasteiger partial charge in [-0.05, 0) is 19.4 Å². The van der Waals surface area contributed by atoms with Gasteiger partial charge in [-0.15, -0.1) is 23.1 Å². The zero-order chi connectivity index (χ0) is 18.4. The molecule has 1 aromatic carbocycles. The van der Waals surface area contributed by atoms with Crippen LogP contribution in [-0.2, 0) is 15.3 Å². The number of hydrogen-bond donors (Lipinski definition) is 1. The van der Waals surface area contributed by atoms with Gasteiger partial charge in [-0.3, -0.25) is 9.59 Å². The number of esters is 1. The maximum atomic E-state index is 12.2. The smallest absolute Gasteiger partial charge is 0.313 e. The van der Waals surface area contributed by atoms with Gasteiger partial charge in [0, 0.05) is 5.75 Å². The molecule has 130 valence electrons. The lowest BCUT2D eigenvalue weighted by Crippen LogP contribution is -2.10. The van der Waals surface area contributed by atoms with Crippen molar-refractivity contribution in [3.8, 4) is 11.8 Å². The number of rotatable bonds is 7. The van der Waals surface area contributed by atoms with E-state index in [-0.39, 0.29) is 22.8 Å². The Balaban J connectivity index is 2.16. The number of carbonyl (C=O) groups excluding carboxylic acids is 2. The number of ether oxygens (including phenoxy) is 1. The topological polar surface area (TPSA) is 87.4 Å². The fraction of sp³-hybridized carbons (Fsp3) is 0.278. The van der Waals surface area contributed by atoms with Gasteiger partial charge in [-0.1, -0.05) is 29.8 Å². The van der Waals surface area contributed by atoms with E-state index >= 15 is 0 Å². The molecule has 0 spiro atoms. The van der Waals surface area contributed by atoms with Gasteiger partial charge in [0.05, 0.1) is 10.8 Å². The van der Waals surface area contributed by atoms with Crippen LogP contribution < -0.4 is 0 Å². The van der Waals surface area contributed by atoms with E-state index in [1.54, 1.807) is 6.92 Å². The van der Waals surface area contributed by atoms with Crippen molar-refractivity contribution in [3.63, 3.8) is 0 Å². The van der Waals surface area contributed by atoms with Gasteiger partial charge in [0.1, 0.15) is 22.9 Å². The van der Waals surface area contributed by atoms with E-state index in [9.17, 15) is 20.0 Å². The SMILES string of the molecule is CCOC(=O)CC(=O)c1sc(SCc2ccc(C)cc2)c(C#N)c1O. The normalized spacial score (nSPS) is 10.3. The number of thioether (sulfide) groups is 1. The lowest BCUT2D eigenvalue weighted by molar-refractivity contribution is -0.141. The lowest BCUT2D eigenvalue weighted by atomic mass is 10.2. The maximum Gasteiger partial charge on any atom is 0.313 e. The van der Waals surface area contributed by atoms with Crippen LogP contribution in [0.4, 0.5) is 0 Å². The summed E-state index contributed by atoms with van der Waals surface area (Å²) in [4.78, 5) is 23.6. The third kappa shape index (κ3) is 4.84. The number of nitriles is 1. The molecule has 0 amide bonds. The maximum absolute atomic E-state index is 12.2. The van der Waals surface area contributed by atoms with Gasteiger partial charge in [0.25, 0.3) is 0 Å². The van der Waals surface area contributed by atoms with E-state index in [0.29, 0.717) is 9.96 Å². The zero-order valence-corrected chi connectivity index (χ0v) is 15.5. The Bertz CT molecular complexity index is 819. The monoisotopic (exact) mass is 375 g/mol. The highest BCUT2D eigenvalue weighted by Gasteiger charge is 2.24. The second kappa shape index (κ2) is 8.70. The van der Waals surface area contributed by atoms with Crippen molar-refractivity contribution in [3.05, 3.63) is 45.8 Å². The first kappa shape index (κ1) is 19.0. The lowest BCUT2D eigenvalue weighted by Gasteiger charge is -2.01. The summed E-state index contributed by atoms with van der Waals surface area (Å²) in [6, 6.07) is 9.93. The van der Waals surface area contributed by atoms with Crippen LogP contribution in [0.3, 0.4) is 0 Å². The number of ketones is 1. The number of hydrogen-bond acceptors (Lipinski definition) is 7. The molecule has 0 aliphatic carbocycles. The predicted molar refractivity (Wildman–Crippen MR) is 97.0 cm³/mol. The van der Waals surface area contributed by atoms with E-state index in [4.69, 9.17) is 4.74 Å². The third-order valence-electron chi connectivity index (χ3n) is 3.32. The second-order valence-electron chi connectivity index (χ2n) is 5.23. The van der Waals surface area contributed by atoms with Crippen LogP contribution in [0.15, 0.2) is 28.5 Å². The van der Waals surface area contributed by atoms with Crippen molar-refractivity contribution in [1.82, 2.24) is 0 Å². The molecule has 1 N–H and O–H groups in total. The molecular formula is C18H17NO4S2. The van der Waals surface area contributed by atoms with E-state index in [1.165, 1.54) is 11.8 Å². The van der Waals surface area contributed by atoms with Gasteiger partial charge in [-0.2, -0.15) is 5.26 Å². The number of benzene rings is 1. The van der Waals surface area contributed by atoms with Gasteiger partial charge in [0.15, 0.2) is 11.5 Å². The van der Waals surface area contributed by atoms with Gasteiger partial charge < -0.3 is 9.84 Å². The molecule has 0 aliphatic rings. The Morgan fingerprint density at radius 3 is 2.60 bits per heavy atom. The number of carbonyl (C=O) groups is 2. The number of thiophene rings is 1. The minimum Gasteiger partial charge on any atom is -0.505 e. The highest BCUT2D eigenvalue weighted by Crippen LogP contribution is 2.41. The third-order valence-corrected chi connectivity index (χ3v) is 5.88. The van der Waals surface area contributed by atoms with Crippen molar-refractivity contribution >= 4 is 34.9 Å². The number of aryl methyl sites for hydroxylation is 1. The van der Waals surface area contributed by atoms with Gasteiger partial charge >= 0.3 is 5.97 Å². The molecule has 0 aliphatic heterocycles. The van der Waals surface area contributed by atoms with Crippen molar-refractivity contribution < 1.29 is 19.4 Å². The molecule has 1 aromatic heterocycles. The Kier molecular flexibility index (Phi) is 6.62. The minimum atomic E-state index is -0.646. The van der Waals surface area contributed by atoms with E-state index in [2.05, 4.69) is 0 Å². The summed E-state index contributed by atoms with van der Waals surface area (Å²) in [6.07, 6.45) is -0.450. The summed E-state index contributed by atoms with van der Waals surface area (Å²) < 4.78 is 5.31. The van der Waals surface area contributed by atoms with Crippen molar-refractivity contribution in [2.45, 2.75) is 30.2 Å². The molecule has 0 unspecified atom stereocenters. The van der Waals surface area contributed by atoms with Crippen LogP contribution in [0.5, 0.6) is 5.75 Å². The quantitative estimate of drug-likeness (QED) is 0.340. The molecule has 2 aromatic rings. The molecule has 2 rings (SSSR count). The number of nitrogens with zero attached hydrogens (tertiary/aromatic N) is 1. The first-order valence-corrected chi connectivity index (χ1v) is 9.39. The van der Waals surface area contributed by atoms with Crippen molar-refractivity contribution in [1.29, 1.82) is 5.26 Å². The predicted octanol–water partition coefficient (Wildman–Crippen LogP) is 4.06. The Hall–Kier alpha value is -2.30. The van der Waals surface area contributed by atoms with Crippen molar-refractivity contribution in [2.75, 3.05) is 6.61 Å². The van der Waals surface area contributed by atoms with Crippen LogP contribution in [-0.4, -0.2) is 23.5 Å². The fourth-order valence-corrected chi connectivity index (χ4v) is 4.30. The zero-order valence-electron chi connectivity index (χ0n) is 13.9. The highest BCUT2D eigenvalue weighted by atomic mass is 32.2. The molecule has 1 heterocycles. The molecule has 0 saturated heterocycles. The standard InChI is InChI=1S/C18H17NO4S2/c1-3-23-15(21)8-14(20)17-16(22)13(9-19)18(25-17)24-10-12-6-4-11(2)5-7-12/h4-7,22H,3,8,10H2,1-2H3. The van der Waals surface area contributed by atoms with Crippen LogP contribution in [0, 0.1) is 18.3 Å². The summed E-state index contributed by atoms with van der Waals surface area (Å²) >= 11 is 2.41. The van der Waals surface area contributed by atoms with E-state index in [0.717, 1.165) is 22.5 Å². The average molecular weight is 375 g/mol. The first-order chi connectivity index (χ1) is 12.0. The highest BCUT2D eigenvalue weighted by molar-refractivity contribution is 8.00. The molecule has 0 saturated carbocycles. The molecule has 0 fully saturated rings. The van der Waals surface area contributed by atoms with Crippen LogP contribution in [0.25, 0.3) is 0 Å². The van der Waals surface area contributed by atoms with Crippen LogP contribution in [0.2, 0.25) is 0 Å². The summed E-state index contributed by atoms with van der Waals surface area (Å²) in [5.74, 6) is -0.930. The molecular weight excluding hydrogens is 358 g/mol. The van der Waals surface area contributed by atoms with Crippen molar-refractivity contribution in [2.24, 2.45) is 0 Å². The molecule has 0 bridgehead atoms. The number of aromatic hydroxyl groups is 1. The van der Waals surface area contributed by atoms with Crippen LogP contribution in [0.1, 0.15) is 39.7 Å². The molecule has 7 heteroatoms. The molecule has 25 heavy (non-hydrogen) atoms. The average Bonchev–Trinajstić information content (AvgIpc) is 2.90. The summed E-state index contributed by atoms with van der Waals surface area (Å²) in [5, 5.41) is 19.4. The number of Topliss-reactive ketones (excluding diaryl/α,β-unsaturated/α-hetero) is 1. The van der Waals surface area contributed by atoms with Crippen LogP contribution >= 0.6 is 23.1 Å². The largest absolute Gasteiger partial charge is 0.505 e. The Labute approximate surface area is 154 Å².